The van der Waals surface area contributed by atoms with Crippen molar-refractivity contribution in [1.82, 2.24) is 9.88 Å². The summed E-state index contributed by atoms with van der Waals surface area (Å²) in [6.07, 6.45) is 1.46. The smallest absolute Gasteiger partial charge is 0.387 e. The van der Waals surface area contributed by atoms with Gasteiger partial charge in [-0.3, -0.25) is 4.79 Å². The highest BCUT2D eigenvalue weighted by atomic mass is 19.3. The van der Waals surface area contributed by atoms with Gasteiger partial charge in [-0.25, -0.2) is 0 Å². The van der Waals surface area contributed by atoms with Crippen molar-refractivity contribution in [2.75, 3.05) is 13.6 Å². The monoisotopic (exact) mass is 324 g/mol. The average Bonchev–Trinajstić information content (AvgIpc) is 3.25. The van der Waals surface area contributed by atoms with Crippen LogP contribution in [0.2, 0.25) is 0 Å². The third kappa shape index (κ3) is 3.44. The van der Waals surface area contributed by atoms with E-state index in [1.165, 1.54) is 17.0 Å². The van der Waals surface area contributed by atoms with Crippen molar-refractivity contribution in [2.45, 2.75) is 25.6 Å². The maximum atomic E-state index is 12.4. The van der Waals surface area contributed by atoms with Crippen LogP contribution in [0.15, 0.2) is 24.3 Å². The van der Waals surface area contributed by atoms with Crippen LogP contribution in [0.1, 0.15) is 23.3 Å². The molecule has 0 radical (unpaired) electrons. The van der Waals surface area contributed by atoms with E-state index in [9.17, 15) is 18.7 Å². The van der Waals surface area contributed by atoms with Crippen LogP contribution in [0.25, 0.3) is 10.9 Å². The molecule has 1 amide bonds. The number of nitrogens with one attached hydrogen (secondary N) is 1. The van der Waals surface area contributed by atoms with Crippen LogP contribution >= 0.6 is 0 Å². The number of carbonyl (C=O) groups is 1. The first-order chi connectivity index (χ1) is 11.0. The zero-order valence-electron chi connectivity index (χ0n) is 12.6. The second-order valence-corrected chi connectivity index (χ2v) is 5.87. The van der Waals surface area contributed by atoms with E-state index < -0.39 is 12.7 Å². The Kier molecular flexibility index (Phi) is 4.21. The van der Waals surface area contributed by atoms with Gasteiger partial charge >= 0.3 is 6.61 Å². The summed E-state index contributed by atoms with van der Waals surface area (Å²) in [4.78, 5) is 16.8. The van der Waals surface area contributed by atoms with Crippen LogP contribution in [-0.4, -0.2) is 47.2 Å². The molecule has 0 aliphatic heterocycles. The number of likely N-dealkylation sites (N-methyl/N-ethyl adjacent to an activating group) is 1. The third-order valence-electron chi connectivity index (χ3n) is 4.04. The number of ether oxygens (including phenoxy) is 1. The summed E-state index contributed by atoms with van der Waals surface area (Å²) in [7, 11) is 1.61. The second-order valence-electron chi connectivity index (χ2n) is 5.87. The van der Waals surface area contributed by atoms with Gasteiger partial charge < -0.3 is 19.7 Å². The van der Waals surface area contributed by atoms with Gasteiger partial charge in [0.1, 0.15) is 11.4 Å². The molecule has 0 saturated heterocycles. The number of aromatic amines is 1. The molecule has 1 aliphatic rings. The number of aliphatic hydroxyl groups is 1. The maximum Gasteiger partial charge on any atom is 0.387 e. The summed E-state index contributed by atoms with van der Waals surface area (Å²) < 4.78 is 29.3. The lowest BCUT2D eigenvalue weighted by Crippen LogP contribution is -2.35. The van der Waals surface area contributed by atoms with Crippen LogP contribution < -0.4 is 4.74 Å². The van der Waals surface area contributed by atoms with Crippen LogP contribution in [0, 0.1) is 5.92 Å². The second kappa shape index (κ2) is 6.16. The molecule has 124 valence electrons. The molecule has 0 spiro atoms. The van der Waals surface area contributed by atoms with E-state index in [1.54, 1.807) is 19.2 Å². The number of aliphatic hydroxyl groups excluding tert-OH is 1. The quantitative estimate of drug-likeness (QED) is 0.858. The van der Waals surface area contributed by atoms with Gasteiger partial charge in [-0.05, 0) is 37.0 Å². The lowest BCUT2D eigenvalue weighted by atomic mass is 10.2. The van der Waals surface area contributed by atoms with Crippen LogP contribution in [0.5, 0.6) is 5.75 Å². The van der Waals surface area contributed by atoms with Crippen LogP contribution in [0.3, 0.4) is 0 Å². The number of alkyl halides is 2. The molecular weight excluding hydrogens is 306 g/mol. The van der Waals surface area contributed by atoms with Gasteiger partial charge in [-0.2, -0.15) is 8.78 Å². The molecule has 23 heavy (non-hydrogen) atoms. The van der Waals surface area contributed by atoms with Gasteiger partial charge in [0.15, 0.2) is 0 Å². The molecule has 0 bridgehead atoms. The number of rotatable bonds is 6. The van der Waals surface area contributed by atoms with E-state index in [4.69, 9.17) is 0 Å². The number of hydrogen-bond acceptors (Lipinski definition) is 3. The number of hydrogen-bond donors (Lipinski definition) is 2. The number of aromatic nitrogens is 1. The van der Waals surface area contributed by atoms with Crippen molar-refractivity contribution in [3.05, 3.63) is 30.0 Å². The molecule has 2 N–H and O–H groups in total. The Morgan fingerprint density at radius 1 is 1.48 bits per heavy atom. The van der Waals surface area contributed by atoms with Gasteiger partial charge in [0, 0.05) is 24.5 Å². The van der Waals surface area contributed by atoms with Crippen molar-refractivity contribution < 1.29 is 23.4 Å². The Balaban J connectivity index is 1.80. The lowest BCUT2D eigenvalue weighted by Gasteiger charge is -2.20. The highest BCUT2D eigenvalue weighted by Crippen LogP contribution is 2.33. The molecular formula is C16H18F2N2O3. The summed E-state index contributed by atoms with van der Waals surface area (Å²) in [5.41, 5.74) is 0.818. The van der Waals surface area contributed by atoms with Crippen molar-refractivity contribution in [3.8, 4) is 5.75 Å². The molecule has 1 aliphatic carbocycles. The van der Waals surface area contributed by atoms with Crippen LogP contribution in [0.4, 0.5) is 8.78 Å². The first-order valence-corrected chi connectivity index (χ1v) is 7.46. The van der Waals surface area contributed by atoms with Crippen molar-refractivity contribution in [2.24, 2.45) is 5.92 Å². The Bertz CT molecular complexity index is 712. The Labute approximate surface area is 131 Å². The minimum absolute atomic E-state index is 0.0217. The number of H-pyrrole nitrogens is 1. The Morgan fingerprint density at radius 2 is 2.22 bits per heavy atom. The highest BCUT2D eigenvalue weighted by Gasteiger charge is 2.31. The number of nitrogens with zero attached hydrogens (tertiary/aromatic N) is 1. The molecule has 1 fully saturated rings. The number of fused-ring (bicyclic) bond motifs is 1. The number of benzene rings is 1. The largest absolute Gasteiger partial charge is 0.434 e. The van der Waals surface area contributed by atoms with E-state index in [2.05, 4.69) is 9.72 Å². The first kappa shape index (κ1) is 15.7. The fraction of sp³-hybridized carbons (Fsp3) is 0.438. The molecule has 7 heteroatoms. The summed E-state index contributed by atoms with van der Waals surface area (Å²) in [6.45, 7) is -2.68. The zero-order chi connectivity index (χ0) is 16.6. The fourth-order valence-corrected chi connectivity index (χ4v) is 2.64. The average molecular weight is 324 g/mol. The van der Waals surface area contributed by atoms with Gasteiger partial charge in [-0.1, -0.05) is 6.07 Å². The van der Waals surface area contributed by atoms with Gasteiger partial charge in [0.25, 0.3) is 5.91 Å². The predicted molar refractivity (Wildman–Crippen MR) is 80.6 cm³/mol. The summed E-state index contributed by atoms with van der Waals surface area (Å²) in [5, 5.41) is 10.4. The van der Waals surface area contributed by atoms with E-state index in [-0.39, 0.29) is 29.8 Å². The molecule has 1 aromatic heterocycles. The Morgan fingerprint density at radius 3 is 2.87 bits per heavy atom. The molecule has 1 atom stereocenters. The standard InChI is InChI=1S/C16H18F2N2O3/c1-20(8-13(21)9-5-6-9)15(22)12-7-10-11(19-12)3-2-4-14(10)23-16(17)18/h2-4,7,9,13,16,19,21H,5-6,8H2,1H3. The Hall–Kier alpha value is -2.15. The zero-order valence-corrected chi connectivity index (χ0v) is 12.6. The van der Waals surface area contributed by atoms with Crippen molar-refractivity contribution >= 4 is 16.8 Å². The normalized spacial score (nSPS) is 15.9. The van der Waals surface area contributed by atoms with Crippen molar-refractivity contribution in [3.63, 3.8) is 0 Å². The fourth-order valence-electron chi connectivity index (χ4n) is 2.64. The first-order valence-electron chi connectivity index (χ1n) is 7.46. The van der Waals surface area contributed by atoms with Gasteiger partial charge in [0.2, 0.25) is 0 Å². The van der Waals surface area contributed by atoms with E-state index >= 15 is 0 Å². The van der Waals surface area contributed by atoms with Gasteiger partial charge in [0.05, 0.1) is 6.10 Å². The number of carbonyl (C=O) groups excluding carboxylic acids is 1. The molecule has 2 aromatic rings. The maximum absolute atomic E-state index is 12.4. The molecule has 1 heterocycles. The summed E-state index contributed by atoms with van der Waals surface area (Å²) in [5.74, 6) is -0.00336. The third-order valence-corrected chi connectivity index (χ3v) is 4.04. The minimum atomic E-state index is -2.92. The number of halogens is 2. The number of amides is 1. The van der Waals surface area contributed by atoms with E-state index in [0.717, 1.165) is 12.8 Å². The molecule has 5 nitrogen and oxygen atoms in total. The molecule has 1 aromatic carbocycles. The SMILES string of the molecule is CN(CC(O)C1CC1)C(=O)c1cc2c(OC(F)F)cccc2[nH]1. The lowest BCUT2D eigenvalue weighted by molar-refractivity contribution is -0.0487. The topological polar surface area (TPSA) is 65.6 Å². The summed E-state index contributed by atoms with van der Waals surface area (Å²) in [6, 6.07) is 6.18. The van der Waals surface area contributed by atoms with E-state index in [1.807, 2.05) is 0 Å². The highest BCUT2D eigenvalue weighted by molar-refractivity contribution is 5.99. The van der Waals surface area contributed by atoms with E-state index in [0.29, 0.717) is 10.9 Å². The van der Waals surface area contributed by atoms with Crippen LogP contribution in [-0.2, 0) is 0 Å². The summed E-state index contributed by atoms with van der Waals surface area (Å²) >= 11 is 0. The predicted octanol–water partition coefficient (Wildman–Crippen LogP) is 2.61. The molecule has 1 unspecified atom stereocenters. The van der Waals surface area contributed by atoms with Gasteiger partial charge in [-0.15, -0.1) is 0 Å². The molecule has 1 saturated carbocycles. The van der Waals surface area contributed by atoms with Crippen molar-refractivity contribution in [1.29, 1.82) is 0 Å². The molecule has 3 rings (SSSR count). The minimum Gasteiger partial charge on any atom is -0.434 e.